The summed E-state index contributed by atoms with van der Waals surface area (Å²) in [5, 5.41) is 10.5. The zero-order valence-electron chi connectivity index (χ0n) is 17.6. The van der Waals surface area contributed by atoms with Crippen LogP contribution in [-0.4, -0.2) is 80.2 Å². The van der Waals surface area contributed by atoms with Gasteiger partial charge in [-0.3, -0.25) is 9.80 Å². The van der Waals surface area contributed by atoms with Gasteiger partial charge in [0.25, 0.3) is 0 Å². The molecule has 1 aliphatic heterocycles. The topological polar surface area (TPSA) is 45.2 Å². The second-order valence-electron chi connectivity index (χ2n) is 8.20. The quantitative estimate of drug-likeness (QED) is 0.641. The number of aliphatic hydroxyl groups is 1. The van der Waals surface area contributed by atoms with Gasteiger partial charge < -0.3 is 14.6 Å². The Labute approximate surface area is 165 Å². The molecule has 1 heterocycles. The predicted molar refractivity (Wildman–Crippen MR) is 110 cm³/mol. The minimum Gasteiger partial charge on any atom is -0.389 e. The Bertz CT molecular complexity index is 544. The second-order valence-corrected chi connectivity index (χ2v) is 8.20. The molecule has 2 rings (SSSR count). The summed E-state index contributed by atoms with van der Waals surface area (Å²) in [6.45, 7) is 16.7. The van der Waals surface area contributed by atoms with Gasteiger partial charge in [-0.25, -0.2) is 0 Å². The Morgan fingerprint density at radius 3 is 2.63 bits per heavy atom. The Hall–Kier alpha value is -0.980. The average molecular weight is 379 g/mol. The average Bonchev–Trinajstić information content (AvgIpc) is 2.63. The molecule has 1 saturated heterocycles. The summed E-state index contributed by atoms with van der Waals surface area (Å²) < 4.78 is 11.1. The first-order valence-corrected chi connectivity index (χ1v) is 10.3. The third-order valence-corrected chi connectivity index (χ3v) is 4.97. The van der Waals surface area contributed by atoms with Crippen molar-refractivity contribution in [3.63, 3.8) is 0 Å². The molecule has 0 aromatic heterocycles. The van der Waals surface area contributed by atoms with E-state index in [1.807, 2.05) is 0 Å². The highest BCUT2D eigenvalue weighted by molar-refractivity contribution is 5.30. The molecule has 1 atom stereocenters. The normalized spacial score (nSPS) is 17.0. The molecule has 154 valence electrons. The first kappa shape index (κ1) is 22.3. The molecule has 0 radical (unpaired) electrons. The van der Waals surface area contributed by atoms with Crippen molar-refractivity contribution < 1.29 is 14.6 Å². The van der Waals surface area contributed by atoms with Gasteiger partial charge in [-0.1, -0.05) is 37.6 Å². The highest BCUT2D eigenvalue weighted by Crippen LogP contribution is 2.14. The maximum atomic E-state index is 10.5. The number of ether oxygens (including phenoxy) is 2. The van der Waals surface area contributed by atoms with Crippen molar-refractivity contribution in [1.82, 2.24) is 9.80 Å². The SMILES string of the molecule is Cc1ccc(C)c(CN(CCN2CCOCC2)CC(O)COCC(C)C)c1. The minimum absolute atomic E-state index is 0.402. The van der Waals surface area contributed by atoms with Crippen LogP contribution in [0.3, 0.4) is 0 Å². The fourth-order valence-corrected chi connectivity index (χ4v) is 3.34. The molecule has 27 heavy (non-hydrogen) atoms. The number of benzene rings is 1. The zero-order valence-corrected chi connectivity index (χ0v) is 17.6. The standard InChI is InChI=1S/C22H38N2O3/c1-18(2)16-27-17-22(25)15-24(8-7-23-9-11-26-12-10-23)14-21-13-19(3)5-6-20(21)4/h5-6,13,18,22,25H,7-12,14-17H2,1-4H3. The highest BCUT2D eigenvalue weighted by Gasteiger charge is 2.17. The van der Waals surface area contributed by atoms with Crippen LogP contribution in [0.1, 0.15) is 30.5 Å². The molecule has 1 aromatic rings. The molecule has 5 nitrogen and oxygen atoms in total. The third-order valence-electron chi connectivity index (χ3n) is 4.97. The first-order valence-electron chi connectivity index (χ1n) is 10.3. The van der Waals surface area contributed by atoms with Crippen LogP contribution in [0.2, 0.25) is 0 Å². The lowest BCUT2D eigenvalue weighted by atomic mass is 10.0. The van der Waals surface area contributed by atoms with Crippen LogP contribution in [0, 0.1) is 19.8 Å². The van der Waals surface area contributed by atoms with E-state index in [2.05, 4.69) is 55.7 Å². The summed E-state index contributed by atoms with van der Waals surface area (Å²) in [5.41, 5.74) is 3.93. The van der Waals surface area contributed by atoms with E-state index in [9.17, 15) is 5.11 Å². The number of rotatable bonds is 11. The Balaban J connectivity index is 1.92. The van der Waals surface area contributed by atoms with Gasteiger partial charge in [0.2, 0.25) is 0 Å². The third kappa shape index (κ3) is 8.71. The van der Waals surface area contributed by atoms with Crippen LogP contribution in [0.4, 0.5) is 0 Å². The molecule has 0 aliphatic carbocycles. The molecular formula is C22H38N2O3. The lowest BCUT2D eigenvalue weighted by molar-refractivity contribution is 0.000927. The number of morpholine rings is 1. The van der Waals surface area contributed by atoms with Gasteiger partial charge in [-0.15, -0.1) is 0 Å². The van der Waals surface area contributed by atoms with Crippen molar-refractivity contribution in [2.45, 2.75) is 40.3 Å². The maximum Gasteiger partial charge on any atom is 0.0900 e. The first-order chi connectivity index (χ1) is 12.9. The van der Waals surface area contributed by atoms with Crippen molar-refractivity contribution in [2.24, 2.45) is 5.92 Å². The molecule has 0 saturated carbocycles. The lowest BCUT2D eigenvalue weighted by Gasteiger charge is -2.31. The van der Waals surface area contributed by atoms with E-state index in [1.165, 1.54) is 16.7 Å². The van der Waals surface area contributed by atoms with Gasteiger partial charge in [0.1, 0.15) is 0 Å². The van der Waals surface area contributed by atoms with Crippen molar-refractivity contribution in [2.75, 3.05) is 59.2 Å². The van der Waals surface area contributed by atoms with Crippen molar-refractivity contribution in [3.05, 3.63) is 34.9 Å². The van der Waals surface area contributed by atoms with Crippen LogP contribution < -0.4 is 0 Å². The molecular weight excluding hydrogens is 340 g/mol. The van der Waals surface area contributed by atoms with Gasteiger partial charge in [0.15, 0.2) is 0 Å². The zero-order chi connectivity index (χ0) is 19.6. The number of hydrogen-bond acceptors (Lipinski definition) is 5. The Morgan fingerprint density at radius 1 is 1.19 bits per heavy atom. The molecule has 0 spiro atoms. The summed E-state index contributed by atoms with van der Waals surface area (Å²) in [6, 6.07) is 6.61. The number of nitrogens with zero attached hydrogens (tertiary/aromatic N) is 2. The van der Waals surface area contributed by atoms with Crippen molar-refractivity contribution in [3.8, 4) is 0 Å². The molecule has 0 amide bonds. The van der Waals surface area contributed by atoms with Crippen LogP contribution in [0.5, 0.6) is 0 Å². The fraction of sp³-hybridized carbons (Fsp3) is 0.727. The largest absolute Gasteiger partial charge is 0.389 e. The number of hydrogen-bond donors (Lipinski definition) is 1. The van der Waals surface area contributed by atoms with Crippen LogP contribution in [0.25, 0.3) is 0 Å². The van der Waals surface area contributed by atoms with E-state index in [4.69, 9.17) is 9.47 Å². The molecule has 1 N–H and O–H groups in total. The van der Waals surface area contributed by atoms with E-state index in [-0.39, 0.29) is 0 Å². The predicted octanol–water partition coefficient (Wildman–Crippen LogP) is 2.47. The van der Waals surface area contributed by atoms with E-state index in [0.717, 1.165) is 45.9 Å². The van der Waals surface area contributed by atoms with Crippen molar-refractivity contribution in [1.29, 1.82) is 0 Å². The molecule has 0 bridgehead atoms. The van der Waals surface area contributed by atoms with E-state index < -0.39 is 6.10 Å². The van der Waals surface area contributed by atoms with Crippen LogP contribution >= 0.6 is 0 Å². The summed E-state index contributed by atoms with van der Waals surface area (Å²) >= 11 is 0. The molecule has 1 aliphatic rings. The number of aliphatic hydroxyl groups excluding tert-OH is 1. The second kappa shape index (κ2) is 11.8. The van der Waals surface area contributed by atoms with Gasteiger partial charge >= 0.3 is 0 Å². The van der Waals surface area contributed by atoms with E-state index in [1.54, 1.807) is 0 Å². The fourth-order valence-electron chi connectivity index (χ4n) is 3.34. The molecule has 1 fully saturated rings. The smallest absolute Gasteiger partial charge is 0.0900 e. The monoisotopic (exact) mass is 378 g/mol. The Morgan fingerprint density at radius 2 is 1.93 bits per heavy atom. The molecule has 1 unspecified atom stereocenters. The summed E-state index contributed by atoms with van der Waals surface area (Å²) in [7, 11) is 0. The van der Waals surface area contributed by atoms with Crippen LogP contribution in [0.15, 0.2) is 18.2 Å². The van der Waals surface area contributed by atoms with Gasteiger partial charge in [-0.05, 0) is 30.9 Å². The summed E-state index contributed by atoms with van der Waals surface area (Å²) in [4.78, 5) is 4.81. The number of aryl methyl sites for hydroxylation is 2. The lowest BCUT2D eigenvalue weighted by Crippen LogP contribution is -2.43. The van der Waals surface area contributed by atoms with Gasteiger partial charge in [-0.2, -0.15) is 0 Å². The maximum absolute atomic E-state index is 10.5. The van der Waals surface area contributed by atoms with Crippen LogP contribution in [-0.2, 0) is 16.0 Å². The van der Waals surface area contributed by atoms with E-state index in [0.29, 0.717) is 25.7 Å². The molecule has 5 heteroatoms. The Kier molecular flexibility index (Phi) is 9.73. The van der Waals surface area contributed by atoms with Gasteiger partial charge in [0.05, 0.1) is 25.9 Å². The molecule has 1 aromatic carbocycles. The minimum atomic E-state index is -0.460. The summed E-state index contributed by atoms with van der Waals surface area (Å²) in [5.74, 6) is 0.490. The van der Waals surface area contributed by atoms with E-state index >= 15 is 0 Å². The summed E-state index contributed by atoms with van der Waals surface area (Å²) in [6.07, 6.45) is -0.460. The van der Waals surface area contributed by atoms with Crippen molar-refractivity contribution >= 4 is 0 Å². The van der Waals surface area contributed by atoms with Gasteiger partial charge in [0, 0.05) is 45.9 Å². The highest BCUT2D eigenvalue weighted by atomic mass is 16.5.